The Labute approximate surface area is 195 Å². The first-order valence-electron chi connectivity index (χ1n) is 12.4. The van der Waals surface area contributed by atoms with Crippen LogP contribution in [0.25, 0.3) is 0 Å². The molecule has 2 aromatic rings. The van der Waals surface area contributed by atoms with Gasteiger partial charge in [0.05, 0.1) is 17.3 Å². The van der Waals surface area contributed by atoms with Gasteiger partial charge in [-0.15, -0.1) is 0 Å². The molecule has 4 bridgehead atoms. The first kappa shape index (κ1) is 20.7. The lowest BCUT2D eigenvalue weighted by atomic mass is 9.49. The van der Waals surface area contributed by atoms with Crippen molar-refractivity contribution < 1.29 is 9.59 Å². The molecule has 5 aliphatic rings. The van der Waals surface area contributed by atoms with Crippen LogP contribution in [-0.4, -0.2) is 47.9 Å². The highest BCUT2D eigenvalue weighted by Crippen LogP contribution is 2.60. The van der Waals surface area contributed by atoms with Crippen LogP contribution in [0.1, 0.15) is 48.9 Å². The van der Waals surface area contributed by atoms with Crippen molar-refractivity contribution in [2.24, 2.45) is 23.2 Å². The summed E-state index contributed by atoms with van der Waals surface area (Å²) in [7, 11) is 0. The molecule has 1 aliphatic heterocycles. The summed E-state index contributed by atoms with van der Waals surface area (Å²) in [4.78, 5) is 34.7. The molecule has 4 aliphatic carbocycles. The van der Waals surface area contributed by atoms with Gasteiger partial charge in [0.15, 0.2) is 0 Å². The van der Waals surface area contributed by atoms with E-state index < -0.39 is 0 Å². The van der Waals surface area contributed by atoms with Crippen molar-refractivity contribution in [1.82, 2.24) is 9.88 Å². The molecule has 4 saturated carbocycles. The van der Waals surface area contributed by atoms with Crippen LogP contribution < -0.4 is 10.2 Å². The Balaban J connectivity index is 1.06. The highest BCUT2D eigenvalue weighted by Gasteiger charge is 2.54. The van der Waals surface area contributed by atoms with E-state index in [1.165, 1.54) is 19.3 Å². The second-order valence-electron chi connectivity index (χ2n) is 10.7. The number of piperazine rings is 1. The Bertz CT molecular complexity index is 993. The number of aromatic nitrogens is 1. The number of hydrogen-bond donors (Lipinski definition) is 1. The van der Waals surface area contributed by atoms with Gasteiger partial charge < -0.3 is 15.1 Å². The Hall–Kier alpha value is -2.89. The lowest BCUT2D eigenvalue weighted by Gasteiger charge is -2.55. The third kappa shape index (κ3) is 3.90. The molecule has 2 heterocycles. The molecule has 0 radical (unpaired) electrons. The summed E-state index contributed by atoms with van der Waals surface area (Å²) >= 11 is 0. The summed E-state index contributed by atoms with van der Waals surface area (Å²) in [5.41, 5.74) is 1.38. The molecule has 6 heteroatoms. The van der Waals surface area contributed by atoms with Crippen LogP contribution in [0, 0.1) is 23.2 Å². The summed E-state index contributed by atoms with van der Waals surface area (Å²) in [5, 5.41) is 3.20. The number of carbonyl (C=O) groups is 2. The second kappa shape index (κ2) is 8.15. The first-order chi connectivity index (χ1) is 16.1. The topological polar surface area (TPSA) is 65.5 Å². The van der Waals surface area contributed by atoms with Gasteiger partial charge in [-0.1, -0.05) is 18.2 Å². The van der Waals surface area contributed by atoms with Crippen LogP contribution in [0.15, 0.2) is 48.7 Å². The van der Waals surface area contributed by atoms with Crippen LogP contribution in [0.4, 0.5) is 11.5 Å². The van der Waals surface area contributed by atoms with Crippen molar-refractivity contribution in [2.75, 3.05) is 36.4 Å². The molecule has 2 amide bonds. The Kier molecular flexibility index (Phi) is 5.11. The number of benzene rings is 1. The summed E-state index contributed by atoms with van der Waals surface area (Å²) in [6.07, 6.45) is 9.02. The summed E-state index contributed by atoms with van der Waals surface area (Å²) in [6, 6.07) is 13.4. The summed E-state index contributed by atoms with van der Waals surface area (Å²) in [5.74, 6) is 3.48. The number of hydrogen-bond acceptors (Lipinski definition) is 4. The van der Waals surface area contributed by atoms with Crippen molar-refractivity contribution in [2.45, 2.75) is 38.5 Å². The van der Waals surface area contributed by atoms with Crippen LogP contribution in [0.2, 0.25) is 0 Å². The SMILES string of the molecule is O=C(c1ccccc1)N1CCN(c2ccc(NC(=O)C34CC5CC(CC(C5)C3)C4)cn2)CC1. The molecule has 1 saturated heterocycles. The van der Waals surface area contributed by atoms with Crippen molar-refractivity contribution >= 4 is 23.3 Å². The molecule has 172 valence electrons. The van der Waals surface area contributed by atoms with Gasteiger partial charge in [-0.25, -0.2) is 4.98 Å². The quantitative estimate of drug-likeness (QED) is 0.768. The van der Waals surface area contributed by atoms with E-state index in [2.05, 4.69) is 15.2 Å². The minimum Gasteiger partial charge on any atom is -0.353 e. The maximum atomic E-state index is 13.3. The standard InChI is InChI=1S/C27H32N4O2/c32-25(22-4-2-1-3-5-22)31-10-8-30(9-11-31)24-7-6-23(18-28-24)29-26(33)27-15-19-12-20(16-27)14-21(13-19)17-27/h1-7,18-21H,8-17H2,(H,29,33). The predicted molar refractivity (Wildman–Crippen MR) is 128 cm³/mol. The van der Waals surface area contributed by atoms with Gasteiger partial charge in [0.25, 0.3) is 5.91 Å². The smallest absolute Gasteiger partial charge is 0.253 e. The monoisotopic (exact) mass is 444 g/mol. The van der Waals surface area contributed by atoms with E-state index in [0.717, 1.165) is 67.2 Å². The van der Waals surface area contributed by atoms with E-state index in [4.69, 9.17) is 0 Å². The number of amides is 2. The van der Waals surface area contributed by atoms with Gasteiger partial charge in [0, 0.05) is 31.7 Å². The lowest BCUT2D eigenvalue weighted by Crippen LogP contribution is -2.51. The maximum absolute atomic E-state index is 13.3. The fraction of sp³-hybridized carbons (Fsp3) is 0.519. The molecule has 5 fully saturated rings. The minimum atomic E-state index is -0.144. The Morgan fingerprint density at radius 3 is 2.06 bits per heavy atom. The number of carbonyl (C=O) groups excluding carboxylic acids is 2. The highest BCUT2D eigenvalue weighted by molar-refractivity contribution is 5.96. The molecule has 0 spiro atoms. The third-order valence-corrected chi connectivity index (χ3v) is 8.44. The van der Waals surface area contributed by atoms with Crippen molar-refractivity contribution in [1.29, 1.82) is 0 Å². The maximum Gasteiger partial charge on any atom is 0.253 e. The number of nitrogens with one attached hydrogen (secondary N) is 1. The van der Waals surface area contributed by atoms with Crippen LogP contribution in [-0.2, 0) is 4.79 Å². The number of rotatable bonds is 4. The molecule has 7 rings (SSSR count). The van der Waals surface area contributed by atoms with Gasteiger partial charge in [-0.05, 0) is 80.5 Å². The third-order valence-electron chi connectivity index (χ3n) is 8.44. The average Bonchev–Trinajstić information content (AvgIpc) is 2.84. The fourth-order valence-corrected chi connectivity index (χ4v) is 7.20. The van der Waals surface area contributed by atoms with E-state index in [1.807, 2.05) is 47.4 Å². The number of anilines is 2. The van der Waals surface area contributed by atoms with Crippen LogP contribution in [0.3, 0.4) is 0 Å². The lowest BCUT2D eigenvalue weighted by molar-refractivity contribution is -0.140. The Morgan fingerprint density at radius 2 is 1.48 bits per heavy atom. The van der Waals surface area contributed by atoms with E-state index in [1.54, 1.807) is 6.20 Å². The Morgan fingerprint density at radius 1 is 0.848 bits per heavy atom. The van der Waals surface area contributed by atoms with Crippen LogP contribution in [0.5, 0.6) is 0 Å². The molecular formula is C27H32N4O2. The molecule has 1 aromatic heterocycles. The van der Waals surface area contributed by atoms with Gasteiger partial charge in [0.2, 0.25) is 5.91 Å². The minimum absolute atomic E-state index is 0.0888. The molecular weight excluding hydrogens is 412 g/mol. The largest absolute Gasteiger partial charge is 0.353 e. The van der Waals surface area contributed by atoms with Gasteiger partial charge >= 0.3 is 0 Å². The number of nitrogens with zero attached hydrogens (tertiary/aromatic N) is 3. The zero-order chi connectivity index (χ0) is 22.4. The fourth-order valence-electron chi connectivity index (χ4n) is 7.20. The highest BCUT2D eigenvalue weighted by atomic mass is 16.2. The summed E-state index contributed by atoms with van der Waals surface area (Å²) in [6.45, 7) is 2.87. The van der Waals surface area contributed by atoms with E-state index in [9.17, 15) is 9.59 Å². The molecule has 33 heavy (non-hydrogen) atoms. The summed E-state index contributed by atoms with van der Waals surface area (Å²) < 4.78 is 0. The first-order valence-corrected chi connectivity index (χ1v) is 12.4. The van der Waals surface area contributed by atoms with Gasteiger partial charge in [0.1, 0.15) is 5.82 Å². The van der Waals surface area contributed by atoms with E-state index in [-0.39, 0.29) is 17.2 Å². The zero-order valence-corrected chi connectivity index (χ0v) is 19.1. The zero-order valence-electron chi connectivity index (χ0n) is 19.1. The molecule has 0 unspecified atom stereocenters. The molecule has 1 aromatic carbocycles. The van der Waals surface area contributed by atoms with Crippen molar-refractivity contribution in [3.8, 4) is 0 Å². The van der Waals surface area contributed by atoms with E-state index in [0.29, 0.717) is 13.1 Å². The van der Waals surface area contributed by atoms with Crippen molar-refractivity contribution in [3.63, 3.8) is 0 Å². The predicted octanol–water partition coefficient (Wildman–Crippen LogP) is 4.20. The normalized spacial score (nSPS) is 30.4. The van der Waals surface area contributed by atoms with Crippen LogP contribution >= 0.6 is 0 Å². The molecule has 0 atom stereocenters. The average molecular weight is 445 g/mol. The second-order valence-corrected chi connectivity index (χ2v) is 10.7. The number of pyridine rings is 1. The van der Waals surface area contributed by atoms with Gasteiger partial charge in [-0.2, -0.15) is 0 Å². The van der Waals surface area contributed by atoms with Gasteiger partial charge in [-0.3, -0.25) is 9.59 Å². The molecule has 1 N–H and O–H groups in total. The molecule has 6 nitrogen and oxygen atoms in total. The van der Waals surface area contributed by atoms with Crippen molar-refractivity contribution in [3.05, 3.63) is 54.2 Å². The van der Waals surface area contributed by atoms with E-state index >= 15 is 0 Å².